The molecule has 1 aliphatic carbocycles. The van der Waals surface area contributed by atoms with Crippen molar-refractivity contribution in [2.45, 2.75) is 57.1 Å². The van der Waals surface area contributed by atoms with Crippen LogP contribution < -0.4 is 5.32 Å². The Balaban J connectivity index is 0.00000180. The smallest absolute Gasteiger partial charge is 0.248 e. The third kappa shape index (κ3) is 5.28. The molecule has 0 spiro atoms. The first kappa shape index (κ1) is 16.7. The van der Waals surface area contributed by atoms with Crippen LogP contribution in [0.4, 0.5) is 0 Å². The number of carbonyl (C=O) groups is 1. The number of halogens is 1. The lowest BCUT2D eigenvalue weighted by atomic mass is 9.98. The summed E-state index contributed by atoms with van der Waals surface area (Å²) in [5.41, 5.74) is 0. The minimum absolute atomic E-state index is 0. The van der Waals surface area contributed by atoms with Gasteiger partial charge in [-0.15, -0.1) is 12.4 Å². The van der Waals surface area contributed by atoms with Gasteiger partial charge in [-0.25, -0.2) is 0 Å². The molecule has 1 saturated heterocycles. The lowest BCUT2D eigenvalue weighted by Crippen LogP contribution is -2.48. The highest BCUT2D eigenvalue weighted by molar-refractivity contribution is 5.85. The summed E-state index contributed by atoms with van der Waals surface area (Å²) in [6.45, 7) is 2.01. The number of hydrogen-bond acceptors (Lipinski definition) is 3. The van der Waals surface area contributed by atoms with Crippen LogP contribution in [0.1, 0.15) is 44.9 Å². The maximum absolute atomic E-state index is 12.1. The van der Waals surface area contributed by atoms with Crippen LogP contribution in [-0.4, -0.2) is 49.7 Å². The van der Waals surface area contributed by atoms with Crippen molar-refractivity contribution in [3.8, 4) is 0 Å². The van der Waals surface area contributed by atoms with Crippen LogP contribution in [0.5, 0.6) is 0 Å². The van der Waals surface area contributed by atoms with Gasteiger partial charge in [-0.1, -0.05) is 19.3 Å². The zero-order valence-corrected chi connectivity index (χ0v) is 12.7. The molecule has 1 aliphatic heterocycles. The van der Waals surface area contributed by atoms with E-state index in [1.54, 1.807) is 0 Å². The molecule has 4 nitrogen and oxygen atoms in total. The second-order valence-electron chi connectivity index (χ2n) is 5.54. The van der Waals surface area contributed by atoms with Crippen LogP contribution in [0.25, 0.3) is 0 Å². The molecule has 0 aromatic heterocycles. The van der Waals surface area contributed by atoms with E-state index in [4.69, 9.17) is 4.74 Å². The van der Waals surface area contributed by atoms with Crippen molar-refractivity contribution in [2.75, 3.05) is 26.7 Å². The standard InChI is InChI=1S/C14H26N2O2.ClH/c1-15-12-6-5-9-16(10-12)14(17)11-18-13-7-3-2-4-8-13;/h12-13,15H,2-11H2,1H3;1H. The Kier molecular flexibility index (Phi) is 7.73. The van der Waals surface area contributed by atoms with Gasteiger partial charge in [0.2, 0.25) is 5.91 Å². The second-order valence-corrected chi connectivity index (χ2v) is 5.54. The van der Waals surface area contributed by atoms with Crippen molar-refractivity contribution >= 4 is 18.3 Å². The van der Waals surface area contributed by atoms with Gasteiger partial charge in [-0.3, -0.25) is 4.79 Å². The summed E-state index contributed by atoms with van der Waals surface area (Å²) in [4.78, 5) is 14.0. The molecule has 1 saturated carbocycles. The van der Waals surface area contributed by atoms with E-state index < -0.39 is 0 Å². The highest BCUT2D eigenvalue weighted by Crippen LogP contribution is 2.20. The quantitative estimate of drug-likeness (QED) is 0.861. The van der Waals surface area contributed by atoms with E-state index >= 15 is 0 Å². The Morgan fingerprint density at radius 1 is 1.21 bits per heavy atom. The Morgan fingerprint density at radius 3 is 2.63 bits per heavy atom. The number of nitrogens with zero attached hydrogens (tertiary/aromatic N) is 1. The largest absolute Gasteiger partial charge is 0.368 e. The van der Waals surface area contributed by atoms with E-state index in [1.807, 2.05) is 11.9 Å². The number of likely N-dealkylation sites (N-methyl/N-ethyl adjacent to an activating group) is 1. The number of amides is 1. The zero-order chi connectivity index (χ0) is 12.8. The highest BCUT2D eigenvalue weighted by Gasteiger charge is 2.23. The van der Waals surface area contributed by atoms with Crippen LogP contribution in [0, 0.1) is 0 Å². The van der Waals surface area contributed by atoms with Crippen LogP contribution in [0.3, 0.4) is 0 Å². The second kappa shape index (κ2) is 8.77. The first-order chi connectivity index (χ1) is 8.79. The van der Waals surface area contributed by atoms with E-state index in [2.05, 4.69) is 5.32 Å². The lowest BCUT2D eigenvalue weighted by molar-refractivity contribution is -0.140. The molecular formula is C14H27ClN2O2. The Bertz CT molecular complexity index is 270. The molecule has 1 N–H and O–H groups in total. The Labute approximate surface area is 122 Å². The molecule has 0 radical (unpaired) electrons. The number of ether oxygens (including phenoxy) is 1. The number of piperidine rings is 1. The fourth-order valence-electron chi connectivity index (χ4n) is 2.95. The number of likely N-dealkylation sites (tertiary alicyclic amines) is 1. The Morgan fingerprint density at radius 2 is 1.95 bits per heavy atom. The third-order valence-electron chi connectivity index (χ3n) is 4.18. The lowest BCUT2D eigenvalue weighted by Gasteiger charge is -2.33. The van der Waals surface area contributed by atoms with Crippen molar-refractivity contribution in [1.82, 2.24) is 10.2 Å². The predicted molar refractivity (Wildman–Crippen MR) is 78.7 cm³/mol. The molecule has 112 valence electrons. The van der Waals surface area contributed by atoms with Gasteiger partial charge in [0.1, 0.15) is 6.61 Å². The average Bonchev–Trinajstić information content (AvgIpc) is 2.46. The molecule has 5 heteroatoms. The highest BCUT2D eigenvalue weighted by atomic mass is 35.5. The minimum atomic E-state index is 0. The first-order valence-corrected chi connectivity index (χ1v) is 7.36. The Hall–Kier alpha value is -0.320. The van der Waals surface area contributed by atoms with Crippen molar-refractivity contribution < 1.29 is 9.53 Å². The maximum atomic E-state index is 12.1. The van der Waals surface area contributed by atoms with Crippen molar-refractivity contribution in [1.29, 1.82) is 0 Å². The van der Waals surface area contributed by atoms with E-state index in [1.165, 1.54) is 25.7 Å². The van der Waals surface area contributed by atoms with Gasteiger partial charge in [0, 0.05) is 19.1 Å². The van der Waals surface area contributed by atoms with Gasteiger partial charge in [-0.05, 0) is 32.7 Å². The van der Waals surface area contributed by atoms with E-state index in [-0.39, 0.29) is 24.9 Å². The van der Waals surface area contributed by atoms with Gasteiger partial charge in [0.15, 0.2) is 0 Å². The summed E-state index contributed by atoms with van der Waals surface area (Å²) in [6, 6.07) is 0.456. The molecule has 0 aromatic rings. The van der Waals surface area contributed by atoms with E-state index in [0.29, 0.717) is 12.1 Å². The van der Waals surface area contributed by atoms with Crippen LogP contribution >= 0.6 is 12.4 Å². The van der Waals surface area contributed by atoms with E-state index in [9.17, 15) is 4.79 Å². The van der Waals surface area contributed by atoms with Gasteiger partial charge >= 0.3 is 0 Å². The molecule has 1 heterocycles. The topological polar surface area (TPSA) is 41.6 Å². The summed E-state index contributed by atoms with van der Waals surface area (Å²) in [6.07, 6.45) is 8.69. The average molecular weight is 291 g/mol. The summed E-state index contributed by atoms with van der Waals surface area (Å²) in [7, 11) is 1.97. The van der Waals surface area contributed by atoms with Crippen molar-refractivity contribution in [3.63, 3.8) is 0 Å². The monoisotopic (exact) mass is 290 g/mol. The fraction of sp³-hybridized carbons (Fsp3) is 0.929. The normalized spacial score (nSPS) is 24.9. The maximum Gasteiger partial charge on any atom is 0.248 e. The van der Waals surface area contributed by atoms with Gasteiger partial charge in [-0.2, -0.15) is 0 Å². The number of rotatable bonds is 4. The molecule has 2 fully saturated rings. The van der Waals surface area contributed by atoms with Gasteiger partial charge in [0.05, 0.1) is 6.10 Å². The molecule has 1 unspecified atom stereocenters. The van der Waals surface area contributed by atoms with Gasteiger partial charge < -0.3 is 15.0 Å². The summed E-state index contributed by atoms with van der Waals surface area (Å²) >= 11 is 0. The first-order valence-electron chi connectivity index (χ1n) is 7.36. The summed E-state index contributed by atoms with van der Waals surface area (Å²) in [5, 5.41) is 3.26. The molecule has 1 amide bonds. The van der Waals surface area contributed by atoms with Crippen LogP contribution in [0.2, 0.25) is 0 Å². The summed E-state index contributed by atoms with van der Waals surface area (Å²) < 4.78 is 5.76. The van der Waals surface area contributed by atoms with Crippen LogP contribution in [-0.2, 0) is 9.53 Å². The molecular weight excluding hydrogens is 264 g/mol. The third-order valence-corrected chi connectivity index (χ3v) is 4.18. The fourth-order valence-corrected chi connectivity index (χ4v) is 2.95. The number of nitrogens with one attached hydrogen (secondary N) is 1. The SMILES string of the molecule is CNC1CCCN(C(=O)COC2CCCCC2)C1.Cl. The number of hydrogen-bond donors (Lipinski definition) is 1. The molecule has 2 aliphatic rings. The zero-order valence-electron chi connectivity index (χ0n) is 11.9. The predicted octanol–water partition coefficient (Wildman–Crippen LogP) is 1.97. The number of carbonyl (C=O) groups excluding carboxylic acids is 1. The molecule has 0 bridgehead atoms. The minimum Gasteiger partial charge on any atom is -0.368 e. The van der Waals surface area contributed by atoms with Gasteiger partial charge in [0.25, 0.3) is 0 Å². The molecule has 1 atom stereocenters. The molecule has 0 aromatic carbocycles. The summed E-state index contributed by atoms with van der Waals surface area (Å²) in [5.74, 6) is 0.167. The van der Waals surface area contributed by atoms with Crippen LogP contribution in [0.15, 0.2) is 0 Å². The van der Waals surface area contributed by atoms with E-state index in [0.717, 1.165) is 32.4 Å². The molecule has 19 heavy (non-hydrogen) atoms. The van der Waals surface area contributed by atoms with Crippen molar-refractivity contribution in [2.24, 2.45) is 0 Å². The van der Waals surface area contributed by atoms with Crippen molar-refractivity contribution in [3.05, 3.63) is 0 Å². The molecule has 2 rings (SSSR count).